The van der Waals surface area contributed by atoms with Gasteiger partial charge in [-0.3, -0.25) is 4.79 Å². The summed E-state index contributed by atoms with van der Waals surface area (Å²) in [6, 6.07) is 3.54. The highest BCUT2D eigenvalue weighted by Gasteiger charge is 2.23. The Morgan fingerprint density at radius 1 is 1.15 bits per heavy atom. The molecule has 3 N–H and O–H groups in total. The predicted octanol–water partition coefficient (Wildman–Crippen LogP) is 1.05. The van der Waals surface area contributed by atoms with Crippen molar-refractivity contribution in [3.05, 3.63) is 18.2 Å². The van der Waals surface area contributed by atoms with Crippen molar-refractivity contribution in [1.29, 1.82) is 0 Å². The first kappa shape index (κ1) is 23.5. The van der Waals surface area contributed by atoms with E-state index in [-0.39, 0.29) is 23.2 Å². The van der Waals surface area contributed by atoms with E-state index in [0.29, 0.717) is 37.8 Å². The topological polar surface area (TPSA) is 106 Å². The maximum atomic E-state index is 12.5. The lowest BCUT2D eigenvalue weighted by Crippen LogP contribution is -2.46. The third kappa shape index (κ3) is 7.17. The molecule has 1 amide bonds. The molecule has 10 heteroatoms. The van der Waals surface area contributed by atoms with Crippen molar-refractivity contribution < 1.29 is 22.7 Å². The minimum absolute atomic E-state index is 0. The van der Waals surface area contributed by atoms with E-state index in [0.717, 1.165) is 19.4 Å². The van der Waals surface area contributed by atoms with Crippen molar-refractivity contribution in [3.8, 4) is 11.5 Å². The smallest absolute Gasteiger partial charge is 0.241 e. The molecule has 1 aliphatic rings. The SMILES string of the molecule is CCCNCCNC(=O)C(C)NS(=O)(=O)c1ccc2c(c1)OCCCO2.Cl. The fourth-order valence-corrected chi connectivity index (χ4v) is 3.61. The summed E-state index contributed by atoms with van der Waals surface area (Å²) in [5, 5.41) is 5.86. The van der Waals surface area contributed by atoms with Gasteiger partial charge in [-0.1, -0.05) is 6.92 Å². The van der Waals surface area contributed by atoms with Crippen LogP contribution in [0.4, 0.5) is 0 Å². The second-order valence-corrected chi connectivity index (χ2v) is 7.76. The van der Waals surface area contributed by atoms with Crippen molar-refractivity contribution in [2.45, 2.75) is 37.6 Å². The van der Waals surface area contributed by atoms with E-state index in [1.807, 2.05) is 0 Å². The van der Waals surface area contributed by atoms with Crippen LogP contribution in [0.3, 0.4) is 0 Å². The van der Waals surface area contributed by atoms with Gasteiger partial charge in [-0.05, 0) is 32.0 Å². The summed E-state index contributed by atoms with van der Waals surface area (Å²) in [7, 11) is -3.85. The molecule has 1 heterocycles. The standard InChI is InChI=1S/C17H27N3O5S.ClH/c1-3-7-18-8-9-19-17(21)13(2)20-26(22,23)14-5-6-15-16(12-14)25-11-4-10-24-15;/h5-6,12-13,18,20H,3-4,7-11H2,1-2H3,(H,19,21);1H. The highest BCUT2D eigenvalue weighted by Crippen LogP contribution is 2.31. The van der Waals surface area contributed by atoms with Crippen LogP contribution in [-0.2, 0) is 14.8 Å². The first-order valence-corrected chi connectivity index (χ1v) is 10.3. The van der Waals surface area contributed by atoms with Gasteiger partial charge in [0.15, 0.2) is 11.5 Å². The Morgan fingerprint density at radius 3 is 2.56 bits per heavy atom. The highest BCUT2D eigenvalue weighted by atomic mass is 35.5. The highest BCUT2D eigenvalue weighted by molar-refractivity contribution is 7.89. The molecule has 0 aromatic heterocycles. The number of carbonyl (C=O) groups excluding carboxylic acids is 1. The fraction of sp³-hybridized carbons (Fsp3) is 0.588. The van der Waals surface area contributed by atoms with E-state index < -0.39 is 16.1 Å². The van der Waals surface area contributed by atoms with E-state index in [4.69, 9.17) is 9.47 Å². The lowest BCUT2D eigenvalue weighted by Gasteiger charge is -2.15. The van der Waals surface area contributed by atoms with Gasteiger partial charge in [-0.15, -0.1) is 12.4 Å². The van der Waals surface area contributed by atoms with Gasteiger partial charge < -0.3 is 20.1 Å². The molecule has 0 saturated carbocycles. The number of hydrogen-bond donors (Lipinski definition) is 3. The van der Waals surface area contributed by atoms with Crippen LogP contribution in [0.5, 0.6) is 11.5 Å². The molecule has 2 rings (SSSR count). The molecular formula is C17H28ClN3O5S. The van der Waals surface area contributed by atoms with E-state index in [1.54, 1.807) is 6.07 Å². The minimum Gasteiger partial charge on any atom is -0.490 e. The molecule has 0 spiro atoms. The predicted molar refractivity (Wildman–Crippen MR) is 105 cm³/mol. The molecule has 0 radical (unpaired) electrons. The average molecular weight is 422 g/mol. The van der Waals surface area contributed by atoms with Crippen molar-refractivity contribution in [3.63, 3.8) is 0 Å². The lowest BCUT2D eigenvalue weighted by atomic mass is 10.3. The van der Waals surface area contributed by atoms with Crippen LogP contribution in [0.1, 0.15) is 26.7 Å². The summed E-state index contributed by atoms with van der Waals surface area (Å²) in [4.78, 5) is 12.1. The molecule has 1 aliphatic heterocycles. The van der Waals surface area contributed by atoms with Crippen LogP contribution in [0.15, 0.2) is 23.1 Å². The summed E-state index contributed by atoms with van der Waals surface area (Å²) in [6.07, 6.45) is 1.75. The van der Waals surface area contributed by atoms with Gasteiger partial charge in [0.2, 0.25) is 15.9 Å². The Labute approximate surface area is 166 Å². The third-order valence-electron chi connectivity index (χ3n) is 3.78. The molecule has 0 fully saturated rings. The number of fused-ring (bicyclic) bond motifs is 1. The van der Waals surface area contributed by atoms with E-state index in [2.05, 4.69) is 22.3 Å². The van der Waals surface area contributed by atoms with Gasteiger partial charge in [0.1, 0.15) is 0 Å². The number of rotatable bonds is 9. The fourth-order valence-electron chi connectivity index (χ4n) is 2.39. The van der Waals surface area contributed by atoms with E-state index >= 15 is 0 Å². The molecule has 154 valence electrons. The minimum atomic E-state index is -3.85. The second kappa shape index (κ2) is 11.3. The van der Waals surface area contributed by atoms with Crippen molar-refractivity contribution in [2.24, 2.45) is 0 Å². The van der Waals surface area contributed by atoms with Gasteiger partial charge in [0.25, 0.3) is 0 Å². The number of carbonyl (C=O) groups is 1. The molecule has 0 aliphatic carbocycles. The summed E-state index contributed by atoms with van der Waals surface area (Å²) in [6.45, 7) is 6.52. The molecule has 27 heavy (non-hydrogen) atoms. The van der Waals surface area contributed by atoms with Gasteiger partial charge in [-0.2, -0.15) is 4.72 Å². The molecule has 0 saturated heterocycles. The Hall–Kier alpha value is -1.55. The van der Waals surface area contributed by atoms with Crippen LogP contribution in [0.25, 0.3) is 0 Å². The van der Waals surface area contributed by atoms with Crippen molar-refractivity contribution in [2.75, 3.05) is 32.8 Å². The van der Waals surface area contributed by atoms with Crippen LogP contribution >= 0.6 is 12.4 Å². The van der Waals surface area contributed by atoms with Crippen molar-refractivity contribution in [1.82, 2.24) is 15.4 Å². The Kier molecular flexibility index (Phi) is 9.86. The molecule has 1 atom stereocenters. The Morgan fingerprint density at radius 2 is 1.85 bits per heavy atom. The molecule has 0 bridgehead atoms. The third-order valence-corrected chi connectivity index (χ3v) is 5.32. The van der Waals surface area contributed by atoms with Gasteiger partial charge in [0, 0.05) is 25.6 Å². The first-order chi connectivity index (χ1) is 12.4. The number of amides is 1. The maximum Gasteiger partial charge on any atom is 0.241 e. The van der Waals surface area contributed by atoms with Gasteiger partial charge in [-0.25, -0.2) is 8.42 Å². The molecule has 1 aromatic rings. The van der Waals surface area contributed by atoms with Crippen LogP contribution < -0.4 is 24.8 Å². The van der Waals surface area contributed by atoms with Gasteiger partial charge >= 0.3 is 0 Å². The second-order valence-electron chi connectivity index (χ2n) is 6.04. The molecule has 1 aromatic carbocycles. The largest absolute Gasteiger partial charge is 0.490 e. The summed E-state index contributed by atoms with van der Waals surface area (Å²) in [5.74, 6) is 0.539. The summed E-state index contributed by atoms with van der Waals surface area (Å²) >= 11 is 0. The number of benzene rings is 1. The zero-order chi connectivity index (χ0) is 19.0. The Balaban J connectivity index is 0.00000364. The van der Waals surface area contributed by atoms with Crippen LogP contribution in [-0.4, -0.2) is 53.2 Å². The first-order valence-electron chi connectivity index (χ1n) is 8.84. The normalized spacial score (nSPS) is 14.6. The monoisotopic (exact) mass is 421 g/mol. The molecule has 8 nitrogen and oxygen atoms in total. The number of nitrogens with one attached hydrogen (secondary N) is 3. The zero-order valence-electron chi connectivity index (χ0n) is 15.6. The van der Waals surface area contributed by atoms with E-state index in [9.17, 15) is 13.2 Å². The number of halogens is 1. The number of hydrogen-bond acceptors (Lipinski definition) is 6. The molecular weight excluding hydrogens is 394 g/mol. The summed E-state index contributed by atoms with van der Waals surface area (Å²) < 4.78 is 38.5. The van der Waals surface area contributed by atoms with Crippen LogP contribution in [0.2, 0.25) is 0 Å². The average Bonchev–Trinajstić information content (AvgIpc) is 2.85. The number of sulfonamides is 1. The van der Waals surface area contributed by atoms with Gasteiger partial charge in [0.05, 0.1) is 24.2 Å². The van der Waals surface area contributed by atoms with Crippen molar-refractivity contribution >= 4 is 28.3 Å². The summed E-state index contributed by atoms with van der Waals surface area (Å²) in [5.41, 5.74) is 0. The lowest BCUT2D eigenvalue weighted by molar-refractivity contribution is -0.122. The quantitative estimate of drug-likeness (QED) is 0.515. The number of ether oxygens (including phenoxy) is 2. The zero-order valence-corrected chi connectivity index (χ0v) is 17.2. The Bertz CT molecular complexity index is 715. The van der Waals surface area contributed by atoms with Crippen LogP contribution in [0, 0.1) is 0 Å². The molecule has 1 unspecified atom stereocenters. The van der Waals surface area contributed by atoms with E-state index in [1.165, 1.54) is 19.1 Å². The maximum absolute atomic E-state index is 12.5.